The number of nitrogens with one attached hydrogen (secondary N) is 1. The minimum Gasteiger partial charge on any atom is -0.481 e. The Morgan fingerprint density at radius 1 is 1.39 bits per heavy atom. The van der Waals surface area contributed by atoms with Gasteiger partial charge >= 0.3 is 5.97 Å². The third kappa shape index (κ3) is 3.30. The van der Waals surface area contributed by atoms with Gasteiger partial charge in [0.2, 0.25) is 5.91 Å². The predicted octanol–water partition coefficient (Wildman–Crippen LogP) is 0.697. The van der Waals surface area contributed by atoms with Crippen molar-refractivity contribution < 1.29 is 14.7 Å². The zero-order valence-corrected chi connectivity index (χ0v) is 10.5. The van der Waals surface area contributed by atoms with Crippen molar-refractivity contribution in [2.24, 2.45) is 11.7 Å². The largest absolute Gasteiger partial charge is 0.481 e. The normalized spacial score (nSPS) is 15.5. The van der Waals surface area contributed by atoms with Crippen molar-refractivity contribution in [3.63, 3.8) is 0 Å². The Morgan fingerprint density at radius 3 is 2.44 bits per heavy atom. The smallest absolute Gasteiger partial charge is 0.308 e. The molecule has 5 nitrogen and oxygen atoms in total. The first kappa shape index (κ1) is 14.2. The topological polar surface area (TPSA) is 92.4 Å². The summed E-state index contributed by atoms with van der Waals surface area (Å²) in [5.74, 6) is -1.98. The first-order valence-electron chi connectivity index (χ1n) is 5.71. The molecular formula is C13H18N2O3. The molecule has 1 aromatic rings. The fraction of sp³-hybridized carbons (Fsp3) is 0.385. The van der Waals surface area contributed by atoms with Crippen LogP contribution in [0.3, 0.4) is 0 Å². The summed E-state index contributed by atoms with van der Waals surface area (Å²) in [5.41, 5.74) is 5.50. The van der Waals surface area contributed by atoms with Crippen molar-refractivity contribution in [3.8, 4) is 0 Å². The van der Waals surface area contributed by atoms with Crippen molar-refractivity contribution in [2.45, 2.75) is 19.4 Å². The standard InChI is InChI=1S/C13H18N2O3/c1-9(11(16)17)8-15-12(18)13(2,14)10-6-4-3-5-7-10/h3-7,9H,8,14H2,1-2H3,(H,15,18)(H,16,17). The van der Waals surface area contributed by atoms with Crippen LogP contribution in [0.1, 0.15) is 19.4 Å². The molecule has 2 unspecified atom stereocenters. The maximum Gasteiger partial charge on any atom is 0.308 e. The molecular weight excluding hydrogens is 232 g/mol. The quantitative estimate of drug-likeness (QED) is 0.717. The SMILES string of the molecule is CC(CNC(=O)C(C)(N)c1ccccc1)C(=O)O. The van der Waals surface area contributed by atoms with Gasteiger partial charge < -0.3 is 16.2 Å². The summed E-state index contributed by atoms with van der Waals surface area (Å²) in [6.45, 7) is 3.19. The van der Waals surface area contributed by atoms with E-state index in [4.69, 9.17) is 10.8 Å². The molecule has 1 rings (SSSR count). The van der Waals surface area contributed by atoms with E-state index in [2.05, 4.69) is 5.32 Å². The second-order valence-electron chi connectivity index (χ2n) is 4.52. The fourth-order valence-electron chi connectivity index (χ4n) is 1.43. The number of carboxylic acid groups (broad SMARTS) is 1. The van der Waals surface area contributed by atoms with Crippen LogP contribution in [0.2, 0.25) is 0 Å². The van der Waals surface area contributed by atoms with E-state index in [9.17, 15) is 9.59 Å². The number of amides is 1. The Balaban J connectivity index is 2.69. The summed E-state index contributed by atoms with van der Waals surface area (Å²) in [6, 6.07) is 8.96. The number of rotatable bonds is 5. The maximum atomic E-state index is 12.0. The fourth-order valence-corrected chi connectivity index (χ4v) is 1.43. The summed E-state index contributed by atoms with van der Waals surface area (Å²) in [7, 11) is 0. The molecule has 5 heteroatoms. The number of carbonyl (C=O) groups is 2. The zero-order chi connectivity index (χ0) is 13.8. The van der Waals surface area contributed by atoms with Crippen molar-refractivity contribution >= 4 is 11.9 Å². The average Bonchev–Trinajstić information content (AvgIpc) is 2.36. The van der Waals surface area contributed by atoms with E-state index < -0.39 is 17.4 Å². The van der Waals surface area contributed by atoms with Crippen molar-refractivity contribution in [1.82, 2.24) is 5.32 Å². The summed E-state index contributed by atoms with van der Waals surface area (Å²) < 4.78 is 0. The minimum atomic E-state index is -1.17. The monoisotopic (exact) mass is 250 g/mol. The van der Waals surface area contributed by atoms with Crippen LogP contribution in [0.4, 0.5) is 0 Å². The number of aliphatic carboxylic acids is 1. The summed E-state index contributed by atoms with van der Waals surface area (Å²) >= 11 is 0. The average molecular weight is 250 g/mol. The molecule has 1 aromatic carbocycles. The molecule has 1 amide bonds. The van der Waals surface area contributed by atoms with Gasteiger partial charge in [0.25, 0.3) is 0 Å². The zero-order valence-electron chi connectivity index (χ0n) is 10.5. The third-order valence-electron chi connectivity index (χ3n) is 2.84. The number of carbonyl (C=O) groups excluding carboxylic acids is 1. The third-order valence-corrected chi connectivity index (χ3v) is 2.84. The Hall–Kier alpha value is -1.88. The van der Waals surface area contributed by atoms with Gasteiger partial charge in [-0.1, -0.05) is 37.3 Å². The van der Waals surface area contributed by atoms with Gasteiger partial charge in [-0.05, 0) is 12.5 Å². The molecule has 0 heterocycles. The second-order valence-corrected chi connectivity index (χ2v) is 4.52. The number of carboxylic acids is 1. The van der Waals surface area contributed by atoms with Crippen LogP contribution >= 0.6 is 0 Å². The van der Waals surface area contributed by atoms with Gasteiger partial charge in [-0.2, -0.15) is 0 Å². The first-order chi connectivity index (χ1) is 8.35. The van der Waals surface area contributed by atoms with E-state index in [1.165, 1.54) is 6.92 Å². The Bertz CT molecular complexity index is 429. The molecule has 0 spiro atoms. The van der Waals surface area contributed by atoms with Crippen molar-refractivity contribution in [3.05, 3.63) is 35.9 Å². The molecule has 0 saturated heterocycles. The van der Waals surface area contributed by atoms with E-state index in [0.717, 1.165) is 0 Å². The van der Waals surface area contributed by atoms with Gasteiger partial charge in [0, 0.05) is 6.54 Å². The van der Waals surface area contributed by atoms with Crippen LogP contribution in [0.25, 0.3) is 0 Å². The summed E-state index contributed by atoms with van der Waals surface area (Å²) in [5, 5.41) is 11.3. The first-order valence-corrected chi connectivity index (χ1v) is 5.71. The van der Waals surface area contributed by atoms with Gasteiger partial charge in [-0.15, -0.1) is 0 Å². The van der Waals surface area contributed by atoms with E-state index >= 15 is 0 Å². The van der Waals surface area contributed by atoms with Crippen LogP contribution in [0.5, 0.6) is 0 Å². The Morgan fingerprint density at radius 2 is 1.94 bits per heavy atom. The molecule has 0 aliphatic rings. The van der Waals surface area contributed by atoms with Gasteiger partial charge in [-0.3, -0.25) is 9.59 Å². The van der Waals surface area contributed by atoms with E-state index in [1.54, 1.807) is 31.2 Å². The molecule has 98 valence electrons. The Labute approximate surface area is 106 Å². The lowest BCUT2D eigenvalue weighted by atomic mass is 9.92. The number of hydrogen-bond acceptors (Lipinski definition) is 3. The highest BCUT2D eigenvalue weighted by Gasteiger charge is 2.30. The van der Waals surface area contributed by atoms with Crippen LogP contribution < -0.4 is 11.1 Å². The minimum absolute atomic E-state index is 0.0633. The van der Waals surface area contributed by atoms with Crippen molar-refractivity contribution in [2.75, 3.05) is 6.54 Å². The number of benzene rings is 1. The molecule has 0 aliphatic carbocycles. The Kier molecular flexibility index (Phi) is 4.44. The van der Waals surface area contributed by atoms with Gasteiger partial charge in [0.05, 0.1) is 5.92 Å². The summed E-state index contributed by atoms with van der Waals surface area (Å²) in [4.78, 5) is 22.6. The molecule has 0 fully saturated rings. The molecule has 0 bridgehead atoms. The summed E-state index contributed by atoms with van der Waals surface area (Å²) in [6.07, 6.45) is 0. The second kappa shape index (κ2) is 5.64. The lowest BCUT2D eigenvalue weighted by Gasteiger charge is -2.24. The predicted molar refractivity (Wildman–Crippen MR) is 67.8 cm³/mol. The molecule has 18 heavy (non-hydrogen) atoms. The maximum absolute atomic E-state index is 12.0. The highest BCUT2D eigenvalue weighted by Crippen LogP contribution is 2.17. The van der Waals surface area contributed by atoms with Crippen LogP contribution in [-0.4, -0.2) is 23.5 Å². The lowest BCUT2D eigenvalue weighted by molar-refractivity contribution is -0.141. The number of hydrogen-bond donors (Lipinski definition) is 3. The number of nitrogens with two attached hydrogens (primary N) is 1. The van der Waals surface area contributed by atoms with Crippen LogP contribution in [-0.2, 0) is 15.1 Å². The highest BCUT2D eigenvalue weighted by atomic mass is 16.4. The van der Waals surface area contributed by atoms with Crippen LogP contribution in [0, 0.1) is 5.92 Å². The molecule has 0 saturated carbocycles. The molecule has 4 N–H and O–H groups in total. The molecule has 0 radical (unpaired) electrons. The van der Waals surface area contributed by atoms with E-state index in [0.29, 0.717) is 5.56 Å². The highest BCUT2D eigenvalue weighted by molar-refractivity contribution is 5.87. The van der Waals surface area contributed by atoms with Crippen molar-refractivity contribution in [1.29, 1.82) is 0 Å². The molecule has 2 atom stereocenters. The molecule has 0 aliphatic heterocycles. The lowest BCUT2D eigenvalue weighted by Crippen LogP contribution is -2.50. The molecule has 0 aromatic heterocycles. The van der Waals surface area contributed by atoms with Crippen LogP contribution in [0.15, 0.2) is 30.3 Å². The van der Waals surface area contributed by atoms with E-state index in [-0.39, 0.29) is 12.5 Å². The van der Waals surface area contributed by atoms with Gasteiger partial charge in [0.15, 0.2) is 0 Å². The van der Waals surface area contributed by atoms with Gasteiger partial charge in [0.1, 0.15) is 5.54 Å². The van der Waals surface area contributed by atoms with E-state index in [1.807, 2.05) is 6.07 Å². The van der Waals surface area contributed by atoms with Gasteiger partial charge in [-0.25, -0.2) is 0 Å².